The van der Waals surface area contributed by atoms with Crippen LogP contribution in [0.25, 0.3) is 0 Å². The summed E-state index contributed by atoms with van der Waals surface area (Å²) in [6, 6.07) is 4.85. The molecule has 1 aromatic rings. The van der Waals surface area contributed by atoms with Gasteiger partial charge in [-0.15, -0.1) is 0 Å². The van der Waals surface area contributed by atoms with E-state index in [0.29, 0.717) is 21.5 Å². The Labute approximate surface area is 125 Å². The fourth-order valence-corrected chi connectivity index (χ4v) is 2.52. The molecule has 6 heteroatoms. The molecule has 1 aromatic carbocycles. The summed E-state index contributed by atoms with van der Waals surface area (Å²) in [6.45, 7) is 2.03. The molecule has 0 saturated heterocycles. The highest BCUT2D eigenvalue weighted by atomic mass is 79.9. The maximum atomic E-state index is 11.9. The lowest BCUT2D eigenvalue weighted by atomic mass is 10.0. The highest BCUT2D eigenvalue weighted by Gasteiger charge is 2.17. The molecule has 1 atom stereocenters. The quantitative estimate of drug-likeness (QED) is 0.828. The summed E-state index contributed by atoms with van der Waals surface area (Å²) >= 11 is 9.10. The van der Waals surface area contributed by atoms with Crippen molar-refractivity contribution in [3.8, 4) is 0 Å². The number of aliphatic carboxylic acids is 1. The Morgan fingerprint density at radius 2 is 2.11 bits per heavy atom. The molecule has 1 amide bonds. The first kappa shape index (κ1) is 16.0. The molecule has 0 aliphatic carbocycles. The second-order valence-electron chi connectivity index (χ2n) is 4.19. The van der Waals surface area contributed by atoms with Crippen molar-refractivity contribution >= 4 is 39.4 Å². The number of carboxylic acid groups (broad SMARTS) is 1. The minimum Gasteiger partial charge on any atom is -0.481 e. The van der Waals surface area contributed by atoms with Crippen molar-refractivity contribution < 1.29 is 14.7 Å². The minimum atomic E-state index is -0.894. The summed E-state index contributed by atoms with van der Waals surface area (Å²) in [7, 11) is 0. The Hall–Kier alpha value is -1.07. The Morgan fingerprint density at radius 3 is 2.63 bits per heavy atom. The largest absolute Gasteiger partial charge is 0.481 e. The number of carbonyl (C=O) groups is 2. The molecule has 0 radical (unpaired) electrons. The highest BCUT2D eigenvalue weighted by molar-refractivity contribution is 9.10. The lowest BCUT2D eigenvalue weighted by molar-refractivity contribution is -0.141. The third-order valence-electron chi connectivity index (χ3n) is 2.62. The molecule has 0 spiro atoms. The van der Waals surface area contributed by atoms with Crippen molar-refractivity contribution in [2.75, 3.05) is 6.54 Å². The zero-order valence-corrected chi connectivity index (χ0v) is 12.8. The van der Waals surface area contributed by atoms with Crippen LogP contribution < -0.4 is 5.32 Å². The van der Waals surface area contributed by atoms with Crippen LogP contribution in [-0.2, 0) is 4.79 Å². The van der Waals surface area contributed by atoms with E-state index in [9.17, 15) is 9.59 Å². The Bertz CT molecular complexity index is 459. The molecule has 1 rings (SSSR count). The number of nitrogens with one attached hydrogen (secondary N) is 1. The van der Waals surface area contributed by atoms with Gasteiger partial charge in [-0.1, -0.05) is 40.9 Å². The van der Waals surface area contributed by atoms with E-state index in [4.69, 9.17) is 16.7 Å². The van der Waals surface area contributed by atoms with E-state index in [1.807, 2.05) is 6.92 Å². The molecule has 0 heterocycles. The third kappa shape index (κ3) is 5.20. The van der Waals surface area contributed by atoms with Crippen LogP contribution in [0.1, 0.15) is 30.1 Å². The molecule has 19 heavy (non-hydrogen) atoms. The second kappa shape index (κ2) is 7.50. The van der Waals surface area contributed by atoms with Gasteiger partial charge in [0.15, 0.2) is 0 Å². The van der Waals surface area contributed by atoms with Gasteiger partial charge in [0, 0.05) is 21.6 Å². The van der Waals surface area contributed by atoms with Crippen LogP contribution in [0.3, 0.4) is 0 Å². The van der Waals surface area contributed by atoms with Crippen LogP contribution in [0.5, 0.6) is 0 Å². The van der Waals surface area contributed by atoms with Crippen molar-refractivity contribution in [3.63, 3.8) is 0 Å². The standard InChI is InChI=1S/C13H15BrClNO3/c1-2-3-8(13(18)19)7-16-12(17)9-4-10(14)6-11(15)5-9/h4-6,8H,2-3,7H2,1H3,(H,16,17)(H,18,19). The van der Waals surface area contributed by atoms with E-state index in [1.165, 1.54) is 6.07 Å². The van der Waals surface area contributed by atoms with Gasteiger partial charge in [0.05, 0.1) is 5.92 Å². The van der Waals surface area contributed by atoms with Crippen LogP contribution in [0, 0.1) is 5.92 Å². The molecule has 0 fully saturated rings. The minimum absolute atomic E-state index is 0.117. The molecule has 0 saturated carbocycles. The average Bonchev–Trinajstić information content (AvgIpc) is 2.32. The molecular weight excluding hydrogens is 334 g/mol. The van der Waals surface area contributed by atoms with E-state index in [1.54, 1.807) is 12.1 Å². The molecule has 104 valence electrons. The SMILES string of the molecule is CCCC(CNC(=O)c1cc(Cl)cc(Br)c1)C(=O)O. The lowest BCUT2D eigenvalue weighted by Crippen LogP contribution is -2.32. The van der Waals surface area contributed by atoms with Crippen molar-refractivity contribution in [3.05, 3.63) is 33.3 Å². The summed E-state index contributed by atoms with van der Waals surface area (Å²) in [5, 5.41) is 12.1. The first-order valence-electron chi connectivity index (χ1n) is 5.91. The first-order chi connectivity index (χ1) is 8.93. The molecular formula is C13H15BrClNO3. The van der Waals surface area contributed by atoms with Gasteiger partial charge in [-0.05, 0) is 24.6 Å². The van der Waals surface area contributed by atoms with E-state index < -0.39 is 11.9 Å². The predicted octanol–water partition coefficient (Wildman–Crippen LogP) is 3.33. The van der Waals surface area contributed by atoms with Gasteiger partial charge in [-0.3, -0.25) is 9.59 Å². The van der Waals surface area contributed by atoms with Gasteiger partial charge >= 0.3 is 5.97 Å². The Balaban J connectivity index is 2.66. The topological polar surface area (TPSA) is 66.4 Å². The Kier molecular flexibility index (Phi) is 6.31. The number of carbonyl (C=O) groups excluding carboxylic acids is 1. The van der Waals surface area contributed by atoms with Crippen molar-refractivity contribution in [1.82, 2.24) is 5.32 Å². The molecule has 0 bridgehead atoms. The summed E-state index contributed by atoms with van der Waals surface area (Å²) in [5.74, 6) is -1.78. The number of hydrogen-bond donors (Lipinski definition) is 2. The van der Waals surface area contributed by atoms with Gasteiger partial charge < -0.3 is 10.4 Å². The van der Waals surface area contributed by atoms with Gasteiger partial charge in [0.2, 0.25) is 0 Å². The molecule has 0 aromatic heterocycles. The Morgan fingerprint density at radius 1 is 1.42 bits per heavy atom. The number of halogens is 2. The van der Waals surface area contributed by atoms with Crippen LogP contribution in [0.4, 0.5) is 0 Å². The number of benzene rings is 1. The van der Waals surface area contributed by atoms with Gasteiger partial charge in [0.25, 0.3) is 5.91 Å². The lowest BCUT2D eigenvalue weighted by Gasteiger charge is -2.12. The molecule has 4 nitrogen and oxygen atoms in total. The number of rotatable bonds is 6. The summed E-state index contributed by atoms with van der Waals surface area (Å²) < 4.78 is 0.702. The van der Waals surface area contributed by atoms with Crippen molar-refractivity contribution in [1.29, 1.82) is 0 Å². The normalized spacial score (nSPS) is 11.9. The highest BCUT2D eigenvalue weighted by Crippen LogP contribution is 2.19. The maximum absolute atomic E-state index is 11.9. The van der Waals surface area contributed by atoms with Gasteiger partial charge in [0.1, 0.15) is 0 Å². The zero-order chi connectivity index (χ0) is 14.4. The van der Waals surface area contributed by atoms with E-state index in [0.717, 1.165) is 6.42 Å². The first-order valence-corrected chi connectivity index (χ1v) is 7.08. The number of hydrogen-bond acceptors (Lipinski definition) is 2. The van der Waals surface area contributed by atoms with Crippen LogP contribution >= 0.6 is 27.5 Å². The van der Waals surface area contributed by atoms with E-state index in [2.05, 4.69) is 21.2 Å². The molecule has 0 aliphatic heterocycles. The molecule has 0 aliphatic rings. The molecule has 2 N–H and O–H groups in total. The van der Waals surface area contributed by atoms with Crippen LogP contribution in [0.2, 0.25) is 5.02 Å². The second-order valence-corrected chi connectivity index (χ2v) is 5.54. The predicted molar refractivity (Wildman–Crippen MR) is 77.5 cm³/mol. The van der Waals surface area contributed by atoms with Crippen LogP contribution in [-0.4, -0.2) is 23.5 Å². The zero-order valence-electron chi connectivity index (χ0n) is 10.5. The average molecular weight is 349 g/mol. The monoisotopic (exact) mass is 347 g/mol. The van der Waals surface area contributed by atoms with E-state index >= 15 is 0 Å². The summed E-state index contributed by atoms with van der Waals surface area (Å²) in [5.41, 5.74) is 0.403. The number of amides is 1. The van der Waals surface area contributed by atoms with E-state index in [-0.39, 0.29) is 12.5 Å². The fourth-order valence-electron chi connectivity index (χ4n) is 1.66. The maximum Gasteiger partial charge on any atom is 0.308 e. The van der Waals surface area contributed by atoms with Crippen molar-refractivity contribution in [2.24, 2.45) is 5.92 Å². The summed E-state index contributed by atoms with van der Waals surface area (Å²) in [4.78, 5) is 22.9. The fraction of sp³-hybridized carbons (Fsp3) is 0.385. The van der Waals surface area contributed by atoms with Gasteiger partial charge in [-0.25, -0.2) is 0 Å². The van der Waals surface area contributed by atoms with Crippen LogP contribution in [0.15, 0.2) is 22.7 Å². The summed E-state index contributed by atoms with van der Waals surface area (Å²) in [6.07, 6.45) is 1.30. The smallest absolute Gasteiger partial charge is 0.308 e. The number of carboxylic acids is 1. The van der Waals surface area contributed by atoms with Crippen molar-refractivity contribution in [2.45, 2.75) is 19.8 Å². The third-order valence-corrected chi connectivity index (χ3v) is 3.30. The molecule has 1 unspecified atom stereocenters. The van der Waals surface area contributed by atoms with Gasteiger partial charge in [-0.2, -0.15) is 0 Å².